The summed E-state index contributed by atoms with van der Waals surface area (Å²) in [7, 11) is 3.57. The van der Waals surface area contributed by atoms with Gasteiger partial charge >= 0.3 is 6.03 Å². The maximum Gasteiger partial charge on any atom is 0.317 e. The van der Waals surface area contributed by atoms with E-state index in [4.69, 9.17) is 0 Å². The third kappa shape index (κ3) is 3.70. The van der Waals surface area contributed by atoms with Gasteiger partial charge in [-0.05, 0) is 24.8 Å². The van der Waals surface area contributed by atoms with Gasteiger partial charge in [0.1, 0.15) is 0 Å². The van der Waals surface area contributed by atoms with Crippen molar-refractivity contribution in [3.05, 3.63) is 18.5 Å². The quantitative estimate of drug-likeness (QED) is 0.856. The summed E-state index contributed by atoms with van der Waals surface area (Å²) in [6.45, 7) is 6.48. The average molecular weight is 374 g/mol. The lowest BCUT2D eigenvalue weighted by Gasteiger charge is -2.45. The van der Waals surface area contributed by atoms with Crippen LogP contribution in [0.2, 0.25) is 0 Å². The van der Waals surface area contributed by atoms with Crippen molar-refractivity contribution in [2.24, 2.45) is 11.3 Å². The predicted octanol–water partition coefficient (Wildman–Crippen LogP) is 1.20. The molecule has 1 aromatic heterocycles. The Balaban J connectivity index is 1.90. The Morgan fingerprint density at radius 1 is 1.33 bits per heavy atom. The van der Waals surface area contributed by atoms with Crippen LogP contribution in [0.5, 0.6) is 0 Å². The Hall–Kier alpha value is -2.38. The predicted molar refractivity (Wildman–Crippen MR) is 103 cm³/mol. The molecular weight excluding hydrogens is 344 g/mol. The molecule has 8 nitrogen and oxygen atoms in total. The summed E-state index contributed by atoms with van der Waals surface area (Å²) < 4.78 is 0. The molecule has 3 amide bonds. The molecule has 0 unspecified atom stereocenters. The van der Waals surface area contributed by atoms with Crippen LogP contribution in [0.3, 0.4) is 0 Å². The first kappa shape index (κ1) is 19.4. The van der Waals surface area contributed by atoms with Crippen molar-refractivity contribution >= 4 is 17.9 Å². The highest BCUT2D eigenvalue weighted by Gasteiger charge is 2.57. The van der Waals surface area contributed by atoms with Gasteiger partial charge in [0.05, 0.1) is 11.5 Å². The van der Waals surface area contributed by atoms with Crippen LogP contribution in [0.4, 0.5) is 10.7 Å². The van der Waals surface area contributed by atoms with Crippen LogP contribution in [0.25, 0.3) is 0 Å². The Kier molecular flexibility index (Phi) is 5.53. The maximum atomic E-state index is 13.2. The molecule has 2 aliphatic heterocycles. The lowest BCUT2D eigenvalue weighted by atomic mass is 9.74. The smallest absolute Gasteiger partial charge is 0.317 e. The van der Waals surface area contributed by atoms with Crippen molar-refractivity contribution in [1.82, 2.24) is 25.1 Å². The Bertz CT molecular complexity index is 680. The second kappa shape index (κ2) is 7.70. The molecule has 0 spiro atoms. The number of carbonyl (C=O) groups is 2. The van der Waals surface area contributed by atoms with Crippen molar-refractivity contribution in [3.63, 3.8) is 0 Å². The van der Waals surface area contributed by atoms with Gasteiger partial charge in [0.2, 0.25) is 11.9 Å². The zero-order chi connectivity index (χ0) is 19.6. The number of nitrogens with one attached hydrogen (secondary N) is 1. The summed E-state index contributed by atoms with van der Waals surface area (Å²) in [5.41, 5.74) is -0.615. The number of anilines is 1. The van der Waals surface area contributed by atoms with E-state index in [1.165, 1.54) is 0 Å². The SMILES string of the molecule is CC(C)CNC(=O)N1C[C@H]2N(c3ncccn3)CCC[C@@]2(C(=O)N(C)C)C1. The highest BCUT2D eigenvalue weighted by molar-refractivity contribution is 5.86. The molecule has 0 radical (unpaired) electrons. The molecule has 0 bridgehead atoms. The van der Waals surface area contributed by atoms with Crippen molar-refractivity contribution < 1.29 is 9.59 Å². The number of rotatable bonds is 4. The molecular formula is C19H30N6O2. The number of hydrogen-bond donors (Lipinski definition) is 1. The molecule has 3 rings (SSSR count). The summed E-state index contributed by atoms with van der Waals surface area (Å²) in [6, 6.07) is 1.57. The zero-order valence-electron chi connectivity index (χ0n) is 16.7. The molecule has 148 valence electrons. The highest BCUT2D eigenvalue weighted by atomic mass is 16.2. The molecule has 0 aromatic carbocycles. The Morgan fingerprint density at radius 2 is 2.04 bits per heavy atom. The van der Waals surface area contributed by atoms with Gasteiger partial charge in [0.25, 0.3) is 0 Å². The van der Waals surface area contributed by atoms with E-state index in [0.717, 1.165) is 19.4 Å². The monoisotopic (exact) mass is 374 g/mol. The molecule has 27 heavy (non-hydrogen) atoms. The summed E-state index contributed by atoms with van der Waals surface area (Å²) >= 11 is 0. The van der Waals surface area contributed by atoms with Crippen LogP contribution >= 0.6 is 0 Å². The number of urea groups is 1. The summed E-state index contributed by atoms with van der Waals surface area (Å²) in [6.07, 6.45) is 5.07. The number of nitrogens with zero attached hydrogens (tertiary/aromatic N) is 5. The Labute approximate surface area is 160 Å². The summed E-state index contributed by atoms with van der Waals surface area (Å²) in [5, 5.41) is 2.99. The first-order valence-corrected chi connectivity index (χ1v) is 9.63. The van der Waals surface area contributed by atoms with Crippen molar-refractivity contribution in [2.45, 2.75) is 32.7 Å². The van der Waals surface area contributed by atoms with Gasteiger partial charge in [0.15, 0.2) is 0 Å². The molecule has 2 fully saturated rings. The highest BCUT2D eigenvalue weighted by Crippen LogP contribution is 2.44. The van der Waals surface area contributed by atoms with Crippen LogP contribution < -0.4 is 10.2 Å². The van der Waals surface area contributed by atoms with E-state index in [1.807, 2.05) is 0 Å². The third-order valence-electron chi connectivity index (χ3n) is 5.49. The minimum atomic E-state index is -0.615. The van der Waals surface area contributed by atoms with Crippen molar-refractivity contribution in [3.8, 4) is 0 Å². The van der Waals surface area contributed by atoms with E-state index in [1.54, 1.807) is 42.4 Å². The van der Waals surface area contributed by atoms with E-state index in [9.17, 15) is 9.59 Å². The fraction of sp³-hybridized carbons (Fsp3) is 0.684. The molecule has 2 aliphatic rings. The van der Waals surface area contributed by atoms with Gasteiger partial charge in [-0.15, -0.1) is 0 Å². The molecule has 2 atom stereocenters. The second-order valence-corrected chi connectivity index (χ2v) is 8.18. The molecule has 1 N–H and O–H groups in total. The van der Waals surface area contributed by atoms with Gasteiger partial charge in [-0.3, -0.25) is 4.79 Å². The third-order valence-corrected chi connectivity index (χ3v) is 5.49. The number of amides is 3. The number of fused-ring (bicyclic) bond motifs is 1. The van der Waals surface area contributed by atoms with Crippen LogP contribution in [0.15, 0.2) is 18.5 Å². The molecule has 3 heterocycles. The maximum absolute atomic E-state index is 13.2. The summed E-state index contributed by atoms with van der Waals surface area (Å²) in [5.74, 6) is 1.08. The number of likely N-dealkylation sites (tertiary alicyclic amines) is 1. The largest absolute Gasteiger partial charge is 0.348 e. The molecule has 0 saturated carbocycles. The first-order valence-electron chi connectivity index (χ1n) is 9.63. The van der Waals surface area contributed by atoms with Crippen LogP contribution in [-0.2, 0) is 4.79 Å². The fourth-order valence-electron chi connectivity index (χ4n) is 4.26. The number of hydrogen-bond acceptors (Lipinski definition) is 5. The van der Waals surface area contributed by atoms with E-state index in [0.29, 0.717) is 31.5 Å². The van der Waals surface area contributed by atoms with E-state index in [2.05, 4.69) is 34.0 Å². The van der Waals surface area contributed by atoms with Crippen LogP contribution in [0, 0.1) is 11.3 Å². The first-order chi connectivity index (χ1) is 12.8. The minimum Gasteiger partial charge on any atom is -0.348 e. The second-order valence-electron chi connectivity index (χ2n) is 8.18. The van der Waals surface area contributed by atoms with E-state index in [-0.39, 0.29) is 18.0 Å². The molecule has 1 aromatic rings. The van der Waals surface area contributed by atoms with Gasteiger partial charge in [-0.25, -0.2) is 14.8 Å². The normalized spacial score (nSPS) is 24.7. The molecule has 0 aliphatic carbocycles. The standard InChI is InChI=1S/C19H30N6O2/c1-14(2)11-22-18(27)24-12-15-19(13-24,16(26)23(3)4)7-5-10-25(15)17-20-8-6-9-21-17/h6,8-9,14-15H,5,7,10-13H2,1-4H3,(H,22,27)/t15-,19-/m1/s1. The van der Waals surface area contributed by atoms with Gasteiger partial charge in [-0.2, -0.15) is 0 Å². The fourth-order valence-corrected chi connectivity index (χ4v) is 4.26. The van der Waals surface area contributed by atoms with Crippen molar-refractivity contribution in [2.75, 3.05) is 45.2 Å². The van der Waals surface area contributed by atoms with E-state index >= 15 is 0 Å². The number of carbonyl (C=O) groups excluding carboxylic acids is 2. The van der Waals surface area contributed by atoms with Gasteiger partial charge in [0, 0.05) is 52.7 Å². The van der Waals surface area contributed by atoms with E-state index < -0.39 is 5.41 Å². The van der Waals surface area contributed by atoms with Gasteiger partial charge in [-0.1, -0.05) is 13.8 Å². The lowest BCUT2D eigenvalue weighted by Crippen LogP contribution is -2.58. The Morgan fingerprint density at radius 3 is 2.67 bits per heavy atom. The average Bonchev–Trinajstić information content (AvgIpc) is 3.07. The van der Waals surface area contributed by atoms with Crippen molar-refractivity contribution in [1.29, 1.82) is 0 Å². The van der Waals surface area contributed by atoms with Crippen LogP contribution in [-0.4, -0.2) is 78.0 Å². The minimum absolute atomic E-state index is 0.0762. The van der Waals surface area contributed by atoms with Gasteiger partial charge < -0.3 is 20.0 Å². The van der Waals surface area contributed by atoms with Crippen LogP contribution in [0.1, 0.15) is 26.7 Å². The molecule has 8 heteroatoms. The lowest BCUT2D eigenvalue weighted by molar-refractivity contribution is -0.140. The topological polar surface area (TPSA) is 81.7 Å². The number of piperidine rings is 1. The molecule has 2 saturated heterocycles. The summed E-state index contributed by atoms with van der Waals surface area (Å²) in [4.78, 5) is 40.3. The number of aromatic nitrogens is 2. The zero-order valence-corrected chi connectivity index (χ0v) is 16.7.